The zero-order valence-corrected chi connectivity index (χ0v) is 27.8. The molecule has 1 N–H and O–H groups in total. The summed E-state index contributed by atoms with van der Waals surface area (Å²) in [5.41, 5.74) is 8.87. The van der Waals surface area contributed by atoms with Crippen LogP contribution < -0.4 is 0 Å². The minimum atomic E-state index is 0.0585. The standard InChI is InChI=1S/C40H48BrNO/c1-3-5-7-9-11-13-25-40(26-14-12-10-8-6-4-2)36-28-30(18-22-34(36)35-23-21-32(41)29-37(35)40)17-19-31-20-24-38(43)39-33(31)16-15-27-42-39/h15-24,27-29,43H,3-14,25-26H2,1-2H3/b19-17+. The van der Waals surface area contributed by atoms with Crippen LogP contribution in [0, 0.1) is 0 Å². The van der Waals surface area contributed by atoms with Gasteiger partial charge in [0.1, 0.15) is 11.3 Å². The highest BCUT2D eigenvalue weighted by atomic mass is 79.9. The average Bonchev–Trinajstić information content (AvgIpc) is 3.28. The first-order valence-electron chi connectivity index (χ1n) is 16.8. The van der Waals surface area contributed by atoms with Crippen LogP contribution in [0.5, 0.6) is 5.75 Å². The van der Waals surface area contributed by atoms with Crippen molar-refractivity contribution in [1.82, 2.24) is 4.98 Å². The van der Waals surface area contributed by atoms with Crippen LogP contribution in [0.2, 0.25) is 0 Å². The van der Waals surface area contributed by atoms with Gasteiger partial charge in [0.2, 0.25) is 0 Å². The number of fused-ring (bicyclic) bond motifs is 4. The van der Waals surface area contributed by atoms with Crippen LogP contribution >= 0.6 is 15.9 Å². The van der Waals surface area contributed by atoms with E-state index in [2.05, 4.69) is 83.3 Å². The molecule has 0 saturated carbocycles. The van der Waals surface area contributed by atoms with Crippen molar-refractivity contribution in [2.45, 2.75) is 109 Å². The third-order valence-electron chi connectivity index (χ3n) is 9.50. The average molecular weight is 639 g/mol. The summed E-state index contributed by atoms with van der Waals surface area (Å²) in [5, 5.41) is 11.3. The van der Waals surface area contributed by atoms with Crippen LogP contribution in [0.4, 0.5) is 0 Å². The van der Waals surface area contributed by atoms with E-state index in [9.17, 15) is 5.11 Å². The molecule has 0 fully saturated rings. The minimum Gasteiger partial charge on any atom is -0.506 e. The lowest BCUT2D eigenvalue weighted by atomic mass is 9.70. The van der Waals surface area contributed by atoms with Crippen molar-refractivity contribution in [2.24, 2.45) is 0 Å². The molecule has 0 amide bonds. The fourth-order valence-electron chi connectivity index (χ4n) is 7.18. The molecule has 3 aromatic carbocycles. The summed E-state index contributed by atoms with van der Waals surface area (Å²) < 4.78 is 1.18. The second kappa shape index (κ2) is 15.2. The Labute approximate surface area is 267 Å². The van der Waals surface area contributed by atoms with Crippen molar-refractivity contribution < 1.29 is 5.11 Å². The van der Waals surface area contributed by atoms with Gasteiger partial charge in [-0.25, -0.2) is 0 Å². The van der Waals surface area contributed by atoms with Gasteiger partial charge in [0, 0.05) is 21.5 Å². The van der Waals surface area contributed by atoms with E-state index in [1.165, 1.54) is 122 Å². The lowest BCUT2D eigenvalue weighted by molar-refractivity contribution is 0.397. The number of phenols is 1. The molecule has 226 valence electrons. The monoisotopic (exact) mass is 637 g/mol. The number of pyridine rings is 1. The topological polar surface area (TPSA) is 33.1 Å². The smallest absolute Gasteiger partial charge is 0.141 e. The second-order valence-corrected chi connectivity index (χ2v) is 13.4. The van der Waals surface area contributed by atoms with Gasteiger partial charge in [-0.3, -0.25) is 4.98 Å². The summed E-state index contributed by atoms with van der Waals surface area (Å²) in [6, 6.07) is 21.8. The molecule has 0 unspecified atom stereocenters. The van der Waals surface area contributed by atoms with Crippen LogP contribution in [-0.2, 0) is 5.41 Å². The second-order valence-electron chi connectivity index (χ2n) is 12.5. The van der Waals surface area contributed by atoms with Crippen molar-refractivity contribution >= 4 is 39.0 Å². The number of unbranched alkanes of at least 4 members (excludes halogenated alkanes) is 10. The Balaban J connectivity index is 1.49. The number of rotatable bonds is 16. The molecule has 43 heavy (non-hydrogen) atoms. The van der Waals surface area contributed by atoms with Gasteiger partial charge < -0.3 is 5.11 Å². The molecule has 1 heterocycles. The molecule has 0 spiro atoms. The number of aromatic nitrogens is 1. The SMILES string of the molecule is CCCCCCCCC1(CCCCCCCC)c2cc(Br)ccc2-c2ccc(/C=C/c3ccc(O)c4ncccc34)cc21. The van der Waals surface area contributed by atoms with Gasteiger partial charge in [-0.15, -0.1) is 0 Å². The molecule has 4 aromatic rings. The number of hydrogen-bond donors (Lipinski definition) is 1. The maximum atomic E-state index is 10.3. The van der Waals surface area contributed by atoms with Crippen molar-refractivity contribution in [3.05, 3.63) is 93.6 Å². The molecule has 0 saturated heterocycles. The van der Waals surface area contributed by atoms with Gasteiger partial charge in [0.15, 0.2) is 0 Å². The van der Waals surface area contributed by atoms with Crippen LogP contribution in [-0.4, -0.2) is 10.1 Å². The molecule has 1 aliphatic rings. The molecular weight excluding hydrogens is 590 g/mol. The van der Waals surface area contributed by atoms with Crippen LogP contribution in [0.1, 0.15) is 126 Å². The highest BCUT2D eigenvalue weighted by Crippen LogP contribution is 2.55. The third-order valence-corrected chi connectivity index (χ3v) is 9.99. The van der Waals surface area contributed by atoms with E-state index < -0.39 is 0 Å². The van der Waals surface area contributed by atoms with E-state index in [4.69, 9.17) is 0 Å². The first kappa shape index (κ1) is 31.5. The fraction of sp³-hybridized carbons (Fsp3) is 0.425. The number of halogens is 1. The zero-order valence-electron chi connectivity index (χ0n) is 26.2. The molecule has 0 atom stereocenters. The quantitative estimate of drug-likeness (QED) is 0.0978. The Morgan fingerprint density at radius 3 is 2.02 bits per heavy atom. The van der Waals surface area contributed by atoms with E-state index >= 15 is 0 Å². The Kier molecular flexibility index (Phi) is 11.1. The molecule has 1 aromatic heterocycles. The molecule has 0 bridgehead atoms. The van der Waals surface area contributed by atoms with E-state index in [0.717, 1.165) is 10.9 Å². The summed E-state index contributed by atoms with van der Waals surface area (Å²) in [6.07, 6.45) is 24.5. The van der Waals surface area contributed by atoms with Crippen molar-refractivity contribution in [1.29, 1.82) is 0 Å². The van der Waals surface area contributed by atoms with Crippen LogP contribution in [0.25, 0.3) is 34.2 Å². The highest BCUT2D eigenvalue weighted by Gasteiger charge is 2.42. The fourth-order valence-corrected chi connectivity index (χ4v) is 7.54. The Hall–Kier alpha value is -2.91. The van der Waals surface area contributed by atoms with Gasteiger partial charge in [-0.2, -0.15) is 0 Å². The summed E-state index contributed by atoms with van der Waals surface area (Å²) in [7, 11) is 0. The minimum absolute atomic E-state index is 0.0585. The van der Waals surface area contributed by atoms with E-state index in [1.54, 1.807) is 12.3 Å². The number of aromatic hydroxyl groups is 1. The van der Waals surface area contributed by atoms with Crippen LogP contribution in [0.3, 0.4) is 0 Å². The van der Waals surface area contributed by atoms with Crippen LogP contribution in [0.15, 0.2) is 71.3 Å². The van der Waals surface area contributed by atoms with Crippen molar-refractivity contribution in [3.8, 4) is 16.9 Å². The maximum Gasteiger partial charge on any atom is 0.141 e. The van der Waals surface area contributed by atoms with Gasteiger partial charge >= 0.3 is 0 Å². The Morgan fingerprint density at radius 2 is 1.33 bits per heavy atom. The van der Waals surface area contributed by atoms with Gasteiger partial charge in [0.25, 0.3) is 0 Å². The number of phenolic OH excluding ortho intramolecular Hbond substituents is 1. The largest absolute Gasteiger partial charge is 0.506 e. The first-order valence-corrected chi connectivity index (χ1v) is 17.6. The zero-order chi connectivity index (χ0) is 30.1. The lowest BCUT2D eigenvalue weighted by Gasteiger charge is -2.33. The van der Waals surface area contributed by atoms with E-state index in [-0.39, 0.29) is 11.2 Å². The van der Waals surface area contributed by atoms with E-state index in [1.807, 2.05) is 18.2 Å². The summed E-state index contributed by atoms with van der Waals surface area (Å²) >= 11 is 3.84. The molecule has 5 rings (SSSR count). The highest BCUT2D eigenvalue weighted by molar-refractivity contribution is 9.10. The van der Waals surface area contributed by atoms with Crippen molar-refractivity contribution in [3.63, 3.8) is 0 Å². The van der Waals surface area contributed by atoms with Crippen molar-refractivity contribution in [2.75, 3.05) is 0 Å². The molecule has 0 aliphatic heterocycles. The predicted octanol–water partition coefficient (Wildman–Crippen LogP) is 12.6. The van der Waals surface area contributed by atoms with Gasteiger partial charge in [-0.1, -0.05) is 155 Å². The first-order chi connectivity index (χ1) is 21.1. The van der Waals surface area contributed by atoms with Gasteiger partial charge in [-0.05, 0) is 70.5 Å². The Morgan fingerprint density at radius 1 is 0.698 bits per heavy atom. The maximum absolute atomic E-state index is 10.3. The van der Waals surface area contributed by atoms with E-state index in [0.29, 0.717) is 5.52 Å². The number of nitrogens with zero attached hydrogens (tertiary/aromatic N) is 1. The van der Waals surface area contributed by atoms with Gasteiger partial charge in [0.05, 0.1) is 0 Å². The summed E-state index contributed by atoms with van der Waals surface area (Å²) in [4.78, 5) is 4.41. The summed E-state index contributed by atoms with van der Waals surface area (Å²) in [5.74, 6) is 0.225. The molecule has 2 nitrogen and oxygen atoms in total. The Bertz CT molecular complexity index is 1520. The number of benzene rings is 3. The normalized spacial score (nSPS) is 13.6. The summed E-state index contributed by atoms with van der Waals surface area (Å²) in [6.45, 7) is 4.60. The molecule has 3 heteroatoms. The number of hydrogen-bond acceptors (Lipinski definition) is 2. The molecule has 1 aliphatic carbocycles. The molecular formula is C40H48BrNO. The lowest BCUT2D eigenvalue weighted by Crippen LogP contribution is -2.25. The third kappa shape index (κ3) is 7.26. The predicted molar refractivity (Wildman–Crippen MR) is 189 cm³/mol. The molecule has 0 radical (unpaired) electrons.